The van der Waals surface area contributed by atoms with Gasteiger partial charge < -0.3 is 11.1 Å². The summed E-state index contributed by atoms with van der Waals surface area (Å²) in [5.74, 6) is 0.539. The van der Waals surface area contributed by atoms with E-state index in [1.54, 1.807) is 4.68 Å². The maximum absolute atomic E-state index is 6.26. The predicted molar refractivity (Wildman–Crippen MR) is 94.5 cm³/mol. The molecule has 3 aromatic rings. The molecule has 0 aliphatic carbocycles. The van der Waals surface area contributed by atoms with E-state index in [-0.39, 0.29) is 0 Å². The first kappa shape index (κ1) is 14.3. The number of aryl methyl sites for hydroxylation is 1. The second kappa shape index (κ2) is 5.99. The third-order valence-electron chi connectivity index (χ3n) is 3.36. The summed E-state index contributed by atoms with van der Waals surface area (Å²) in [7, 11) is 0. The minimum absolute atomic E-state index is 0.539. The number of anilines is 2. The minimum atomic E-state index is 0.539. The van der Waals surface area contributed by atoms with Gasteiger partial charge in [0.2, 0.25) is 0 Å². The SMILES string of the molecule is Cc1nn(-c2ccccc2)c(N)c1C(=S)Nc1ccccc1. The molecular weight excluding hydrogens is 292 g/mol. The predicted octanol–water partition coefficient (Wildman–Crippen LogP) is 3.55. The van der Waals surface area contributed by atoms with Gasteiger partial charge in [0.05, 0.1) is 16.9 Å². The number of rotatable bonds is 3. The Labute approximate surface area is 134 Å². The number of aromatic nitrogens is 2. The molecule has 22 heavy (non-hydrogen) atoms. The number of nitrogens with two attached hydrogens (primary N) is 1. The lowest BCUT2D eigenvalue weighted by Gasteiger charge is -2.08. The van der Waals surface area contributed by atoms with Crippen LogP contribution in [0.15, 0.2) is 60.7 Å². The molecule has 0 saturated heterocycles. The molecule has 5 heteroatoms. The van der Waals surface area contributed by atoms with Crippen molar-refractivity contribution < 1.29 is 0 Å². The van der Waals surface area contributed by atoms with Gasteiger partial charge in [-0.15, -0.1) is 0 Å². The fourth-order valence-corrected chi connectivity index (χ4v) is 2.68. The molecule has 0 atom stereocenters. The molecule has 0 radical (unpaired) electrons. The highest BCUT2D eigenvalue weighted by molar-refractivity contribution is 7.81. The Kier molecular flexibility index (Phi) is 3.89. The summed E-state index contributed by atoms with van der Waals surface area (Å²) in [5, 5.41) is 7.71. The van der Waals surface area contributed by atoms with Crippen LogP contribution in [0, 0.1) is 6.92 Å². The Hall–Kier alpha value is -2.66. The number of nitrogens with zero attached hydrogens (tertiary/aromatic N) is 2. The molecule has 0 aliphatic rings. The maximum atomic E-state index is 6.26. The van der Waals surface area contributed by atoms with Crippen molar-refractivity contribution in [3.63, 3.8) is 0 Å². The van der Waals surface area contributed by atoms with Gasteiger partial charge in [-0.1, -0.05) is 48.6 Å². The van der Waals surface area contributed by atoms with Gasteiger partial charge in [-0.2, -0.15) is 5.10 Å². The zero-order chi connectivity index (χ0) is 15.5. The van der Waals surface area contributed by atoms with E-state index in [4.69, 9.17) is 18.0 Å². The summed E-state index contributed by atoms with van der Waals surface area (Å²) in [4.78, 5) is 0.573. The maximum Gasteiger partial charge on any atom is 0.137 e. The fraction of sp³-hybridized carbons (Fsp3) is 0.0588. The summed E-state index contributed by atoms with van der Waals surface area (Å²) < 4.78 is 1.71. The van der Waals surface area contributed by atoms with Gasteiger partial charge in [0, 0.05) is 5.69 Å². The van der Waals surface area contributed by atoms with Crippen LogP contribution < -0.4 is 11.1 Å². The number of nitrogen functional groups attached to an aromatic ring is 1. The van der Waals surface area contributed by atoms with Crippen LogP contribution in [0.5, 0.6) is 0 Å². The van der Waals surface area contributed by atoms with E-state index in [9.17, 15) is 0 Å². The second-order valence-electron chi connectivity index (χ2n) is 4.91. The van der Waals surface area contributed by atoms with Gasteiger partial charge in [0.15, 0.2) is 0 Å². The molecule has 3 rings (SSSR count). The number of para-hydroxylation sites is 2. The van der Waals surface area contributed by atoms with Crippen molar-refractivity contribution in [1.29, 1.82) is 0 Å². The number of nitrogens with one attached hydrogen (secondary N) is 1. The van der Waals surface area contributed by atoms with Gasteiger partial charge in [0.1, 0.15) is 10.8 Å². The highest BCUT2D eigenvalue weighted by Gasteiger charge is 2.17. The largest absolute Gasteiger partial charge is 0.383 e. The van der Waals surface area contributed by atoms with Crippen molar-refractivity contribution in [2.24, 2.45) is 0 Å². The normalized spacial score (nSPS) is 10.4. The molecular formula is C17H16N4S. The van der Waals surface area contributed by atoms with E-state index in [0.29, 0.717) is 10.8 Å². The number of hydrogen-bond acceptors (Lipinski definition) is 3. The Balaban J connectivity index is 1.95. The quantitative estimate of drug-likeness (QED) is 0.727. The van der Waals surface area contributed by atoms with Gasteiger partial charge in [-0.05, 0) is 31.2 Å². The van der Waals surface area contributed by atoms with E-state index in [2.05, 4.69) is 10.4 Å². The molecule has 0 saturated carbocycles. The summed E-state index contributed by atoms with van der Waals surface area (Å²) in [6.45, 7) is 1.91. The molecule has 4 nitrogen and oxygen atoms in total. The number of hydrogen-bond donors (Lipinski definition) is 2. The van der Waals surface area contributed by atoms with Crippen LogP contribution in [0.1, 0.15) is 11.3 Å². The average Bonchev–Trinajstić information content (AvgIpc) is 2.84. The summed E-state index contributed by atoms with van der Waals surface area (Å²) in [6.07, 6.45) is 0. The van der Waals surface area contributed by atoms with Gasteiger partial charge >= 0.3 is 0 Å². The van der Waals surface area contributed by atoms with E-state index >= 15 is 0 Å². The van der Waals surface area contributed by atoms with Crippen LogP contribution >= 0.6 is 12.2 Å². The molecule has 0 fully saturated rings. The van der Waals surface area contributed by atoms with E-state index in [0.717, 1.165) is 22.6 Å². The molecule has 0 spiro atoms. The van der Waals surface area contributed by atoms with Crippen molar-refractivity contribution in [1.82, 2.24) is 9.78 Å². The molecule has 0 unspecified atom stereocenters. The third kappa shape index (κ3) is 2.71. The number of thiocarbonyl (C=S) groups is 1. The van der Waals surface area contributed by atoms with Crippen LogP contribution in [0.4, 0.5) is 11.5 Å². The van der Waals surface area contributed by atoms with Crippen LogP contribution in [0.25, 0.3) is 5.69 Å². The van der Waals surface area contributed by atoms with Gasteiger partial charge in [0.25, 0.3) is 0 Å². The summed E-state index contributed by atoms with van der Waals surface area (Å²) in [5.41, 5.74) is 9.67. The Bertz CT molecular complexity index is 794. The van der Waals surface area contributed by atoms with Crippen LogP contribution in [-0.4, -0.2) is 14.8 Å². The molecule has 0 amide bonds. The molecule has 3 N–H and O–H groups in total. The fourth-order valence-electron chi connectivity index (χ4n) is 2.31. The summed E-state index contributed by atoms with van der Waals surface area (Å²) in [6, 6.07) is 19.6. The molecule has 2 aromatic carbocycles. The summed E-state index contributed by atoms with van der Waals surface area (Å²) >= 11 is 5.50. The average molecular weight is 308 g/mol. The van der Waals surface area contributed by atoms with Crippen molar-refractivity contribution in [3.8, 4) is 5.69 Å². The first-order valence-corrected chi connectivity index (χ1v) is 7.34. The zero-order valence-electron chi connectivity index (χ0n) is 12.2. The van der Waals surface area contributed by atoms with Crippen molar-refractivity contribution in [2.75, 3.05) is 11.1 Å². The number of benzene rings is 2. The lowest BCUT2D eigenvalue weighted by molar-refractivity contribution is 0.872. The molecule has 0 bridgehead atoms. The van der Waals surface area contributed by atoms with Crippen LogP contribution in [0.3, 0.4) is 0 Å². The first-order valence-electron chi connectivity index (χ1n) is 6.93. The third-order valence-corrected chi connectivity index (χ3v) is 3.66. The highest BCUT2D eigenvalue weighted by atomic mass is 32.1. The monoisotopic (exact) mass is 308 g/mol. The van der Waals surface area contributed by atoms with Gasteiger partial charge in [-0.3, -0.25) is 0 Å². The molecule has 0 aliphatic heterocycles. The van der Waals surface area contributed by atoms with Crippen molar-refractivity contribution >= 4 is 28.7 Å². The Morgan fingerprint density at radius 2 is 1.64 bits per heavy atom. The topological polar surface area (TPSA) is 55.9 Å². The van der Waals surface area contributed by atoms with E-state index in [1.165, 1.54) is 0 Å². The lowest BCUT2D eigenvalue weighted by Crippen LogP contribution is -2.13. The molecule has 1 aromatic heterocycles. The first-order chi connectivity index (χ1) is 10.7. The van der Waals surface area contributed by atoms with Gasteiger partial charge in [-0.25, -0.2) is 4.68 Å². The van der Waals surface area contributed by atoms with Crippen molar-refractivity contribution in [3.05, 3.63) is 71.9 Å². The Morgan fingerprint density at radius 1 is 1.05 bits per heavy atom. The highest BCUT2D eigenvalue weighted by Crippen LogP contribution is 2.22. The van der Waals surface area contributed by atoms with E-state index in [1.807, 2.05) is 67.6 Å². The Morgan fingerprint density at radius 3 is 2.27 bits per heavy atom. The standard InChI is InChI=1S/C17H16N4S/c1-12-15(17(22)19-13-8-4-2-5-9-13)16(18)21(20-12)14-10-6-3-7-11-14/h2-11H,18H2,1H3,(H,19,22). The second-order valence-corrected chi connectivity index (χ2v) is 5.32. The smallest absolute Gasteiger partial charge is 0.137 e. The van der Waals surface area contributed by atoms with Crippen LogP contribution in [-0.2, 0) is 0 Å². The van der Waals surface area contributed by atoms with Crippen molar-refractivity contribution in [2.45, 2.75) is 6.92 Å². The molecule has 1 heterocycles. The molecule has 110 valence electrons. The lowest BCUT2D eigenvalue weighted by atomic mass is 10.2. The minimum Gasteiger partial charge on any atom is -0.383 e. The van der Waals surface area contributed by atoms with Crippen LogP contribution in [0.2, 0.25) is 0 Å². The zero-order valence-corrected chi connectivity index (χ0v) is 13.0. The van der Waals surface area contributed by atoms with E-state index < -0.39 is 0 Å².